The molecule has 0 fully saturated rings. The minimum atomic E-state index is -0.0746. The molecule has 6 heteroatoms. The Bertz CT molecular complexity index is 556. The van der Waals surface area contributed by atoms with Crippen LogP contribution in [0.25, 0.3) is 0 Å². The molecule has 2 aromatic rings. The van der Waals surface area contributed by atoms with Gasteiger partial charge in [0.15, 0.2) is 0 Å². The number of carbonyl (C=O) groups excluding carboxylic acids is 1. The first-order chi connectivity index (χ1) is 9.74. The lowest BCUT2D eigenvalue weighted by Gasteiger charge is -2.18. The third kappa shape index (κ3) is 3.60. The van der Waals surface area contributed by atoms with Gasteiger partial charge in [-0.1, -0.05) is 6.92 Å². The van der Waals surface area contributed by atoms with E-state index in [1.807, 2.05) is 17.0 Å². The molecule has 0 aliphatic rings. The molecule has 1 amide bonds. The Morgan fingerprint density at radius 2 is 2.35 bits per heavy atom. The van der Waals surface area contributed by atoms with Gasteiger partial charge in [-0.2, -0.15) is 0 Å². The van der Waals surface area contributed by atoms with Crippen LogP contribution in [-0.2, 0) is 6.54 Å². The summed E-state index contributed by atoms with van der Waals surface area (Å²) in [5, 5.41) is 3.81. The summed E-state index contributed by atoms with van der Waals surface area (Å²) in [7, 11) is 0. The van der Waals surface area contributed by atoms with Crippen LogP contribution in [-0.4, -0.2) is 32.7 Å². The Labute approximate surface area is 122 Å². The third-order valence-electron chi connectivity index (χ3n) is 3.03. The molecule has 0 bridgehead atoms. The normalized spacial score (nSPS) is 12.1. The molecule has 0 spiro atoms. The van der Waals surface area contributed by atoms with Crippen LogP contribution < -0.4 is 5.32 Å². The largest absolute Gasteiger partial charge is 0.347 e. The van der Waals surface area contributed by atoms with Crippen LogP contribution in [0.5, 0.6) is 0 Å². The minimum absolute atomic E-state index is 0.0746. The molecule has 2 heterocycles. The molecule has 0 saturated heterocycles. The maximum Gasteiger partial charge on any atom is 0.254 e. The average molecular weight is 290 g/mol. The van der Waals surface area contributed by atoms with E-state index in [9.17, 15) is 4.79 Å². The lowest BCUT2D eigenvalue weighted by atomic mass is 10.2. The Morgan fingerprint density at radius 3 is 3.00 bits per heavy atom. The number of nitrogens with one attached hydrogen (secondary N) is 1. The zero-order valence-corrected chi connectivity index (χ0v) is 12.4. The molecule has 1 N–H and O–H groups in total. The SMILES string of the molecule is CCC(Cn1ccnc1)NC(=O)c1cccnc1SC. The third-order valence-corrected chi connectivity index (χ3v) is 3.74. The van der Waals surface area contributed by atoms with Crippen molar-refractivity contribution in [1.82, 2.24) is 19.9 Å². The molecule has 0 aromatic carbocycles. The van der Waals surface area contributed by atoms with E-state index in [2.05, 4.69) is 22.2 Å². The summed E-state index contributed by atoms with van der Waals surface area (Å²) in [5.41, 5.74) is 0.629. The molecular weight excluding hydrogens is 272 g/mol. The topological polar surface area (TPSA) is 59.8 Å². The second-order valence-electron chi connectivity index (χ2n) is 4.40. The predicted octanol–water partition coefficient (Wildman–Crippen LogP) is 2.21. The van der Waals surface area contributed by atoms with Gasteiger partial charge in [0.1, 0.15) is 5.03 Å². The summed E-state index contributed by atoms with van der Waals surface area (Å²) in [5.74, 6) is -0.0746. The van der Waals surface area contributed by atoms with Crippen LogP contribution in [0.15, 0.2) is 42.1 Å². The zero-order chi connectivity index (χ0) is 14.4. The van der Waals surface area contributed by atoms with Gasteiger partial charge in [-0.05, 0) is 24.8 Å². The first-order valence-electron chi connectivity index (χ1n) is 6.50. The molecule has 2 rings (SSSR count). The Hall–Kier alpha value is -1.82. The molecule has 0 saturated carbocycles. The number of hydrogen-bond acceptors (Lipinski definition) is 4. The number of pyridine rings is 1. The van der Waals surface area contributed by atoms with Crippen LogP contribution in [0.3, 0.4) is 0 Å². The summed E-state index contributed by atoms with van der Waals surface area (Å²) in [4.78, 5) is 20.6. The van der Waals surface area contributed by atoms with Crippen molar-refractivity contribution in [3.8, 4) is 0 Å². The highest BCUT2D eigenvalue weighted by molar-refractivity contribution is 7.98. The molecule has 1 atom stereocenters. The van der Waals surface area contributed by atoms with Crippen molar-refractivity contribution in [2.24, 2.45) is 0 Å². The minimum Gasteiger partial charge on any atom is -0.347 e. The number of carbonyl (C=O) groups is 1. The van der Waals surface area contributed by atoms with Crippen molar-refractivity contribution in [2.45, 2.75) is 31.0 Å². The van der Waals surface area contributed by atoms with E-state index in [0.29, 0.717) is 5.56 Å². The Morgan fingerprint density at radius 1 is 1.50 bits per heavy atom. The molecule has 5 nitrogen and oxygen atoms in total. The fourth-order valence-electron chi connectivity index (χ4n) is 1.92. The number of aromatic nitrogens is 3. The molecule has 20 heavy (non-hydrogen) atoms. The van der Waals surface area contributed by atoms with E-state index < -0.39 is 0 Å². The standard InChI is InChI=1S/C14H18N4OS/c1-3-11(9-18-8-7-15-10-18)17-13(19)12-5-4-6-16-14(12)20-2/h4-8,10-11H,3,9H2,1-2H3,(H,17,19). The highest BCUT2D eigenvalue weighted by atomic mass is 32.2. The summed E-state index contributed by atoms with van der Waals surface area (Å²) < 4.78 is 1.97. The van der Waals surface area contributed by atoms with Crippen molar-refractivity contribution in [1.29, 1.82) is 0 Å². The van der Waals surface area contributed by atoms with Gasteiger partial charge < -0.3 is 9.88 Å². The van der Waals surface area contributed by atoms with Crippen LogP contribution in [0.1, 0.15) is 23.7 Å². The number of hydrogen-bond donors (Lipinski definition) is 1. The first kappa shape index (κ1) is 14.6. The van der Waals surface area contributed by atoms with Gasteiger partial charge in [0.2, 0.25) is 0 Å². The van der Waals surface area contributed by atoms with Crippen LogP contribution in [0, 0.1) is 0 Å². The van der Waals surface area contributed by atoms with Gasteiger partial charge in [0, 0.05) is 31.2 Å². The van der Waals surface area contributed by atoms with E-state index in [0.717, 1.165) is 18.0 Å². The number of nitrogens with zero attached hydrogens (tertiary/aromatic N) is 3. The van der Waals surface area contributed by atoms with E-state index in [-0.39, 0.29) is 11.9 Å². The molecule has 2 aromatic heterocycles. The second kappa shape index (κ2) is 7.09. The van der Waals surface area contributed by atoms with Crippen LogP contribution >= 0.6 is 11.8 Å². The Balaban J connectivity index is 2.05. The molecular formula is C14H18N4OS. The van der Waals surface area contributed by atoms with Crippen LogP contribution in [0.2, 0.25) is 0 Å². The number of thioether (sulfide) groups is 1. The Kier molecular flexibility index (Phi) is 5.17. The fourth-order valence-corrected chi connectivity index (χ4v) is 2.46. The van der Waals surface area contributed by atoms with Gasteiger partial charge >= 0.3 is 0 Å². The summed E-state index contributed by atoms with van der Waals surface area (Å²) in [6.07, 6.45) is 9.87. The van der Waals surface area contributed by atoms with E-state index in [1.165, 1.54) is 11.8 Å². The number of amides is 1. The maximum absolute atomic E-state index is 12.3. The predicted molar refractivity (Wildman–Crippen MR) is 79.8 cm³/mol. The lowest BCUT2D eigenvalue weighted by Crippen LogP contribution is -2.37. The molecule has 106 valence electrons. The van der Waals surface area contributed by atoms with Gasteiger partial charge in [0.05, 0.1) is 11.9 Å². The average Bonchev–Trinajstić information content (AvgIpc) is 2.99. The van der Waals surface area contributed by atoms with Crippen molar-refractivity contribution in [3.05, 3.63) is 42.6 Å². The van der Waals surface area contributed by atoms with E-state index >= 15 is 0 Å². The van der Waals surface area contributed by atoms with Gasteiger partial charge in [-0.3, -0.25) is 4.79 Å². The van der Waals surface area contributed by atoms with Crippen molar-refractivity contribution in [2.75, 3.05) is 6.26 Å². The van der Waals surface area contributed by atoms with Gasteiger partial charge in [-0.15, -0.1) is 11.8 Å². The summed E-state index contributed by atoms with van der Waals surface area (Å²) in [6.45, 7) is 2.78. The molecule has 0 aliphatic heterocycles. The lowest BCUT2D eigenvalue weighted by molar-refractivity contribution is 0.0928. The number of imidazole rings is 1. The van der Waals surface area contributed by atoms with Crippen LogP contribution in [0.4, 0.5) is 0 Å². The van der Waals surface area contributed by atoms with Crippen molar-refractivity contribution >= 4 is 17.7 Å². The monoisotopic (exact) mass is 290 g/mol. The molecule has 0 radical (unpaired) electrons. The van der Waals surface area contributed by atoms with Gasteiger partial charge in [0.25, 0.3) is 5.91 Å². The zero-order valence-electron chi connectivity index (χ0n) is 11.6. The number of rotatable bonds is 6. The highest BCUT2D eigenvalue weighted by Crippen LogP contribution is 2.16. The highest BCUT2D eigenvalue weighted by Gasteiger charge is 2.15. The molecule has 0 aliphatic carbocycles. The summed E-state index contributed by atoms with van der Waals surface area (Å²) in [6, 6.07) is 3.66. The quantitative estimate of drug-likeness (QED) is 0.829. The van der Waals surface area contributed by atoms with Crippen molar-refractivity contribution in [3.63, 3.8) is 0 Å². The van der Waals surface area contributed by atoms with Crippen molar-refractivity contribution < 1.29 is 4.79 Å². The molecule has 1 unspecified atom stereocenters. The fraction of sp³-hybridized carbons (Fsp3) is 0.357. The first-order valence-corrected chi connectivity index (χ1v) is 7.72. The van der Waals surface area contributed by atoms with Gasteiger partial charge in [-0.25, -0.2) is 9.97 Å². The second-order valence-corrected chi connectivity index (χ2v) is 5.19. The van der Waals surface area contributed by atoms with E-state index in [1.54, 1.807) is 30.9 Å². The maximum atomic E-state index is 12.3. The smallest absolute Gasteiger partial charge is 0.254 e. The van der Waals surface area contributed by atoms with E-state index in [4.69, 9.17) is 0 Å². The summed E-state index contributed by atoms with van der Waals surface area (Å²) >= 11 is 1.48.